The minimum Gasteiger partial charge on any atom is -0.508 e. The fourth-order valence-electron chi connectivity index (χ4n) is 3.15. The number of fused-ring (bicyclic) bond motifs is 3. The highest BCUT2D eigenvalue weighted by Crippen LogP contribution is 2.22. The predicted molar refractivity (Wildman–Crippen MR) is 101 cm³/mol. The van der Waals surface area contributed by atoms with E-state index in [-0.39, 0.29) is 5.75 Å². The molecule has 0 spiro atoms. The van der Waals surface area contributed by atoms with Crippen LogP contribution in [0.5, 0.6) is 5.75 Å². The number of phenolic OH excluding ortho intramolecular Hbond substituents is 1. The molecule has 2 aromatic carbocycles. The molecular formula is C20H16N6O. The highest BCUT2D eigenvalue weighted by atomic mass is 16.3. The molecule has 3 heterocycles. The number of aryl methyl sites for hydroxylation is 2. The first-order valence-corrected chi connectivity index (χ1v) is 8.68. The molecular weight excluding hydrogens is 340 g/mol. The van der Waals surface area contributed by atoms with Crippen LogP contribution in [-0.4, -0.2) is 34.5 Å². The Kier molecular flexibility index (Phi) is 3.57. The molecule has 0 aliphatic heterocycles. The van der Waals surface area contributed by atoms with Crippen LogP contribution < -0.4 is 0 Å². The van der Waals surface area contributed by atoms with Crippen LogP contribution in [0.4, 0.5) is 0 Å². The molecule has 0 unspecified atom stereocenters. The van der Waals surface area contributed by atoms with Crippen molar-refractivity contribution in [2.75, 3.05) is 0 Å². The Morgan fingerprint density at radius 1 is 0.926 bits per heavy atom. The molecule has 0 saturated heterocycles. The van der Waals surface area contributed by atoms with Gasteiger partial charge in [0, 0.05) is 12.1 Å². The van der Waals surface area contributed by atoms with E-state index in [9.17, 15) is 5.11 Å². The van der Waals surface area contributed by atoms with Gasteiger partial charge in [0.2, 0.25) is 0 Å². The Bertz CT molecular complexity index is 1220. The monoisotopic (exact) mass is 356 g/mol. The molecule has 0 atom stereocenters. The molecule has 7 heteroatoms. The van der Waals surface area contributed by atoms with E-state index < -0.39 is 0 Å². The zero-order valence-electron chi connectivity index (χ0n) is 14.4. The standard InChI is InChI=1S/C20H16N6O/c27-16-8-6-15(7-9-16)18-23-20-17-12-22-25(19(17)21-13-26(20)24-18)11-10-14-4-2-1-3-5-14/h1-9,12-13,27H,10-11H2. The van der Waals surface area contributed by atoms with Crippen LogP contribution in [-0.2, 0) is 13.0 Å². The van der Waals surface area contributed by atoms with Crippen LogP contribution in [0.2, 0.25) is 0 Å². The number of rotatable bonds is 4. The van der Waals surface area contributed by atoms with Gasteiger partial charge >= 0.3 is 0 Å². The first-order chi connectivity index (χ1) is 13.3. The summed E-state index contributed by atoms with van der Waals surface area (Å²) in [5.74, 6) is 0.799. The zero-order chi connectivity index (χ0) is 18.2. The second-order valence-electron chi connectivity index (χ2n) is 6.34. The van der Waals surface area contributed by atoms with Gasteiger partial charge in [0.25, 0.3) is 0 Å². The van der Waals surface area contributed by atoms with E-state index >= 15 is 0 Å². The van der Waals surface area contributed by atoms with Crippen LogP contribution in [0.25, 0.3) is 28.1 Å². The number of benzene rings is 2. The fraction of sp³-hybridized carbons (Fsp3) is 0.100. The maximum absolute atomic E-state index is 9.45. The summed E-state index contributed by atoms with van der Waals surface area (Å²) < 4.78 is 3.56. The van der Waals surface area contributed by atoms with Gasteiger partial charge in [-0.15, -0.1) is 5.10 Å². The number of hydrogen-bond acceptors (Lipinski definition) is 5. The van der Waals surface area contributed by atoms with Crippen molar-refractivity contribution in [1.29, 1.82) is 0 Å². The van der Waals surface area contributed by atoms with Crippen molar-refractivity contribution >= 4 is 16.7 Å². The van der Waals surface area contributed by atoms with Gasteiger partial charge in [-0.1, -0.05) is 30.3 Å². The van der Waals surface area contributed by atoms with Crippen molar-refractivity contribution in [3.8, 4) is 17.1 Å². The summed E-state index contributed by atoms with van der Waals surface area (Å²) in [5, 5.41) is 19.3. The Labute approximate surface area is 154 Å². The number of nitrogens with zero attached hydrogens (tertiary/aromatic N) is 6. The molecule has 3 aromatic heterocycles. The van der Waals surface area contributed by atoms with Crippen molar-refractivity contribution in [1.82, 2.24) is 29.4 Å². The summed E-state index contributed by atoms with van der Waals surface area (Å²) in [4.78, 5) is 9.17. The lowest BCUT2D eigenvalue weighted by atomic mass is 10.1. The van der Waals surface area contributed by atoms with Gasteiger partial charge in [-0.3, -0.25) is 0 Å². The van der Waals surface area contributed by atoms with Crippen molar-refractivity contribution in [3.63, 3.8) is 0 Å². The van der Waals surface area contributed by atoms with Crippen molar-refractivity contribution in [2.45, 2.75) is 13.0 Å². The number of phenols is 1. The van der Waals surface area contributed by atoms with E-state index in [0.29, 0.717) is 11.5 Å². The SMILES string of the molecule is Oc1ccc(-c2nc3c4cnn(CCc5ccccc5)c4ncn3n2)cc1. The topological polar surface area (TPSA) is 81.1 Å². The summed E-state index contributed by atoms with van der Waals surface area (Å²) in [5.41, 5.74) is 3.61. The predicted octanol–water partition coefficient (Wildman–Crippen LogP) is 3.09. The Morgan fingerprint density at radius 2 is 1.74 bits per heavy atom. The summed E-state index contributed by atoms with van der Waals surface area (Å²) in [6, 6.07) is 17.1. The first kappa shape index (κ1) is 15.5. The fourth-order valence-corrected chi connectivity index (χ4v) is 3.15. The molecule has 0 aliphatic carbocycles. The molecule has 5 aromatic rings. The number of aromatic hydroxyl groups is 1. The Hall–Kier alpha value is -3.74. The van der Waals surface area contributed by atoms with E-state index in [1.165, 1.54) is 5.56 Å². The largest absolute Gasteiger partial charge is 0.508 e. The third-order valence-electron chi connectivity index (χ3n) is 4.55. The van der Waals surface area contributed by atoms with Crippen LogP contribution in [0, 0.1) is 0 Å². The van der Waals surface area contributed by atoms with Gasteiger partial charge in [0.05, 0.1) is 11.6 Å². The highest BCUT2D eigenvalue weighted by molar-refractivity contribution is 5.89. The van der Waals surface area contributed by atoms with Gasteiger partial charge in [0.1, 0.15) is 12.1 Å². The first-order valence-electron chi connectivity index (χ1n) is 8.68. The number of hydrogen-bond donors (Lipinski definition) is 1. The lowest BCUT2D eigenvalue weighted by Gasteiger charge is -2.03. The molecule has 5 rings (SSSR count). The summed E-state index contributed by atoms with van der Waals surface area (Å²) in [6.45, 7) is 0.746. The summed E-state index contributed by atoms with van der Waals surface area (Å²) in [6.07, 6.45) is 4.34. The normalized spacial score (nSPS) is 11.4. The summed E-state index contributed by atoms with van der Waals surface area (Å²) >= 11 is 0. The van der Waals surface area contributed by atoms with E-state index in [1.54, 1.807) is 41.3 Å². The molecule has 132 valence electrons. The van der Waals surface area contributed by atoms with E-state index in [1.807, 2.05) is 22.9 Å². The van der Waals surface area contributed by atoms with Gasteiger partial charge < -0.3 is 5.11 Å². The van der Waals surface area contributed by atoms with E-state index in [0.717, 1.165) is 29.6 Å². The van der Waals surface area contributed by atoms with Crippen LogP contribution in [0.3, 0.4) is 0 Å². The van der Waals surface area contributed by atoms with Crippen molar-refractivity contribution in [2.24, 2.45) is 0 Å². The maximum Gasteiger partial charge on any atom is 0.182 e. The van der Waals surface area contributed by atoms with Crippen LogP contribution >= 0.6 is 0 Å². The third kappa shape index (κ3) is 2.79. The smallest absolute Gasteiger partial charge is 0.182 e. The lowest BCUT2D eigenvalue weighted by molar-refractivity contribution is 0.475. The minimum atomic E-state index is 0.214. The molecule has 0 radical (unpaired) electrons. The van der Waals surface area contributed by atoms with Crippen molar-refractivity contribution < 1.29 is 5.11 Å². The van der Waals surface area contributed by atoms with Crippen LogP contribution in [0.15, 0.2) is 67.1 Å². The second-order valence-corrected chi connectivity index (χ2v) is 6.34. The molecule has 0 saturated carbocycles. The van der Waals surface area contributed by atoms with Gasteiger partial charge in [-0.25, -0.2) is 19.2 Å². The highest BCUT2D eigenvalue weighted by Gasteiger charge is 2.13. The molecule has 1 N–H and O–H groups in total. The molecule has 0 amide bonds. The summed E-state index contributed by atoms with van der Waals surface area (Å²) in [7, 11) is 0. The zero-order valence-corrected chi connectivity index (χ0v) is 14.4. The molecule has 7 nitrogen and oxygen atoms in total. The average molecular weight is 356 g/mol. The average Bonchev–Trinajstić information content (AvgIpc) is 3.31. The van der Waals surface area contributed by atoms with Gasteiger partial charge in [-0.05, 0) is 36.2 Å². The van der Waals surface area contributed by atoms with Gasteiger partial charge in [0.15, 0.2) is 17.1 Å². The van der Waals surface area contributed by atoms with E-state index in [2.05, 4.69) is 32.3 Å². The third-order valence-corrected chi connectivity index (χ3v) is 4.55. The second kappa shape index (κ2) is 6.21. The Balaban J connectivity index is 1.51. The molecule has 27 heavy (non-hydrogen) atoms. The quantitative estimate of drug-likeness (QED) is 0.535. The van der Waals surface area contributed by atoms with E-state index in [4.69, 9.17) is 0 Å². The maximum atomic E-state index is 9.45. The lowest BCUT2D eigenvalue weighted by Crippen LogP contribution is -2.04. The van der Waals surface area contributed by atoms with Crippen molar-refractivity contribution in [3.05, 3.63) is 72.7 Å². The van der Waals surface area contributed by atoms with Gasteiger partial charge in [-0.2, -0.15) is 5.10 Å². The van der Waals surface area contributed by atoms with Crippen LogP contribution in [0.1, 0.15) is 5.56 Å². The minimum absolute atomic E-state index is 0.214. The molecule has 0 fully saturated rings. The molecule has 0 bridgehead atoms. The Morgan fingerprint density at radius 3 is 2.56 bits per heavy atom. The molecule has 0 aliphatic rings. The number of aromatic nitrogens is 6.